The van der Waals surface area contributed by atoms with E-state index in [9.17, 15) is 9.59 Å². The molecule has 2 aliphatic rings. The largest absolute Gasteiger partial charge is 0.486 e. The van der Waals surface area contributed by atoms with E-state index >= 15 is 0 Å². The summed E-state index contributed by atoms with van der Waals surface area (Å²) < 4.78 is 11.1. The van der Waals surface area contributed by atoms with Gasteiger partial charge in [-0.05, 0) is 48.0 Å². The van der Waals surface area contributed by atoms with Crippen molar-refractivity contribution in [3.05, 3.63) is 84.3 Å². The van der Waals surface area contributed by atoms with Gasteiger partial charge >= 0.3 is 0 Å². The lowest BCUT2D eigenvalue weighted by molar-refractivity contribution is -0.114. The Labute approximate surface area is 200 Å². The number of aliphatic imine (C=N–C) groups is 1. The summed E-state index contributed by atoms with van der Waals surface area (Å²) in [5.74, 6) is 0.856. The normalized spacial score (nSPS) is 15.9. The van der Waals surface area contributed by atoms with Crippen molar-refractivity contribution in [1.82, 2.24) is 4.98 Å². The summed E-state index contributed by atoms with van der Waals surface area (Å²) >= 11 is 1.20. The minimum Gasteiger partial charge on any atom is -0.486 e. The summed E-state index contributed by atoms with van der Waals surface area (Å²) in [5.41, 5.74) is 2.41. The third kappa shape index (κ3) is 4.79. The summed E-state index contributed by atoms with van der Waals surface area (Å²) in [6, 6.07) is 18.1. The Morgan fingerprint density at radius 1 is 1.03 bits per heavy atom. The molecule has 1 N–H and O–H groups in total. The van der Waals surface area contributed by atoms with Crippen molar-refractivity contribution in [2.45, 2.75) is 0 Å². The number of fused-ring (bicyclic) bond motifs is 1. The molecule has 1 aromatic heterocycles. The lowest BCUT2D eigenvalue weighted by Crippen LogP contribution is -2.31. The molecule has 2 aliphatic heterocycles. The average molecular weight is 473 g/mol. The van der Waals surface area contributed by atoms with Crippen molar-refractivity contribution in [3.63, 3.8) is 0 Å². The summed E-state index contributed by atoms with van der Waals surface area (Å²) in [6.45, 7) is 0.977. The van der Waals surface area contributed by atoms with Crippen molar-refractivity contribution in [2.24, 2.45) is 4.99 Å². The third-order valence-corrected chi connectivity index (χ3v) is 5.95. The molecule has 0 saturated heterocycles. The molecule has 0 aliphatic carbocycles. The second kappa shape index (κ2) is 9.80. The van der Waals surface area contributed by atoms with E-state index in [2.05, 4.69) is 15.3 Å². The van der Waals surface area contributed by atoms with Gasteiger partial charge in [0, 0.05) is 24.1 Å². The lowest BCUT2D eigenvalue weighted by atomic mass is 10.2. The van der Waals surface area contributed by atoms with Gasteiger partial charge < -0.3 is 14.8 Å². The number of thioether (sulfide) groups is 1. The first-order chi connectivity index (χ1) is 16.7. The Hall–Kier alpha value is -4.11. The molecule has 2 amide bonds. The molecule has 9 heteroatoms. The van der Waals surface area contributed by atoms with Crippen LogP contribution in [0.4, 0.5) is 11.4 Å². The van der Waals surface area contributed by atoms with Gasteiger partial charge in [0.1, 0.15) is 18.9 Å². The van der Waals surface area contributed by atoms with Crippen LogP contribution in [0.2, 0.25) is 0 Å². The molecule has 0 spiro atoms. The summed E-state index contributed by atoms with van der Waals surface area (Å²) in [7, 11) is 0. The number of amidine groups is 1. The number of rotatable bonds is 5. The minimum absolute atomic E-state index is 0.0758. The zero-order valence-electron chi connectivity index (χ0n) is 18.0. The quantitative estimate of drug-likeness (QED) is 0.565. The summed E-state index contributed by atoms with van der Waals surface area (Å²) in [5, 5.41) is 3.30. The van der Waals surface area contributed by atoms with E-state index in [1.54, 1.807) is 48.8 Å². The molecule has 0 fully saturated rings. The van der Waals surface area contributed by atoms with Gasteiger partial charge in [-0.25, -0.2) is 4.99 Å². The van der Waals surface area contributed by atoms with Crippen LogP contribution in [0.5, 0.6) is 11.5 Å². The molecule has 170 valence electrons. The van der Waals surface area contributed by atoms with Crippen LogP contribution < -0.4 is 19.7 Å². The molecule has 8 nitrogen and oxygen atoms in total. The van der Waals surface area contributed by atoms with Gasteiger partial charge in [-0.1, -0.05) is 30.0 Å². The SMILES string of the molecule is O=C(CSC1=N/C(=C/c2ccncc2)C(=O)N1c1ccccc1)Nc1ccc2c(c1)OCCO2. The number of para-hydroxylation sites is 1. The fourth-order valence-corrected chi connectivity index (χ4v) is 4.28. The van der Waals surface area contributed by atoms with Crippen LogP contribution in [0, 0.1) is 0 Å². The molecule has 0 unspecified atom stereocenters. The molecular weight excluding hydrogens is 452 g/mol. The van der Waals surface area contributed by atoms with Crippen molar-refractivity contribution >= 4 is 46.2 Å². The number of aromatic nitrogens is 1. The number of hydrogen-bond acceptors (Lipinski definition) is 7. The van der Waals surface area contributed by atoms with Crippen LogP contribution in [-0.4, -0.2) is 40.9 Å². The highest BCUT2D eigenvalue weighted by atomic mass is 32.2. The summed E-state index contributed by atoms with van der Waals surface area (Å²) in [6.07, 6.45) is 5.02. The fraction of sp³-hybridized carbons (Fsp3) is 0.120. The molecule has 2 aromatic carbocycles. The van der Waals surface area contributed by atoms with Crippen molar-refractivity contribution in [3.8, 4) is 11.5 Å². The highest BCUT2D eigenvalue weighted by Crippen LogP contribution is 2.33. The predicted molar refractivity (Wildman–Crippen MR) is 132 cm³/mol. The van der Waals surface area contributed by atoms with Crippen LogP contribution in [0.3, 0.4) is 0 Å². The number of ether oxygens (including phenoxy) is 2. The smallest absolute Gasteiger partial charge is 0.283 e. The molecule has 0 atom stereocenters. The number of carbonyl (C=O) groups excluding carboxylic acids is 2. The first-order valence-electron chi connectivity index (χ1n) is 10.6. The number of nitrogens with zero attached hydrogens (tertiary/aromatic N) is 3. The predicted octanol–water partition coefficient (Wildman–Crippen LogP) is 3.97. The van der Waals surface area contributed by atoms with Crippen LogP contribution >= 0.6 is 11.8 Å². The van der Waals surface area contributed by atoms with E-state index in [1.165, 1.54) is 16.7 Å². The van der Waals surface area contributed by atoms with E-state index in [0.29, 0.717) is 47.0 Å². The third-order valence-electron chi connectivity index (χ3n) is 5.01. The first-order valence-corrected chi connectivity index (χ1v) is 11.6. The summed E-state index contributed by atoms with van der Waals surface area (Å²) in [4.78, 5) is 35.9. The van der Waals surface area contributed by atoms with E-state index < -0.39 is 0 Å². The minimum atomic E-state index is -0.252. The maximum atomic E-state index is 13.2. The van der Waals surface area contributed by atoms with Crippen LogP contribution in [-0.2, 0) is 9.59 Å². The number of benzene rings is 2. The highest BCUT2D eigenvalue weighted by Gasteiger charge is 2.32. The first kappa shape index (κ1) is 21.7. The van der Waals surface area contributed by atoms with E-state index in [0.717, 1.165) is 5.56 Å². The molecule has 0 bridgehead atoms. The molecule has 0 saturated carbocycles. The molecule has 5 rings (SSSR count). The van der Waals surface area contributed by atoms with Gasteiger partial charge in [0.05, 0.1) is 11.4 Å². The van der Waals surface area contributed by atoms with E-state index in [1.807, 2.05) is 30.3 Å². The monoisotopic (exact) mass is 472 g/mol. The number of carbonyl (C=O) groups is 2. The zero-order chi connectivity index (χ0) is 23.3. The number of hydrogen-bond donors (Lipinski definition) is 1. The Morgan fingerprint density at radius 2 is 1.79 bits per heavy atom. The second-order valence-electron chi connectivity index (χ2n) is 7.38. The van der Waals surface area contributed by atoms with Gasteiger partial charge in [-0.2, -0.15) is 0 Å². The maximum Gasteiger partial charge on any atom is 0.283 e. The van der Waals surface area contributed by atoms with Crippen LogP contribution in [0.1, 0.15) is 5.56 Å². The van der Waals surface area contributed by atoms with Gasteiger partial charge in [-0.15, -0.1) is 0 Å². The van der Waals surface area contributed by atoms with E-state index in [-0.39, 0.29) is 17.6 Å². The number of amides is 2. The Balaban J connectivity index is 1.32. The molecule has 34 heavy (non-hydrogen) atoms. The Bertz CT molecular complexity index is 1280. The van der Waals surface area contributed by atoms with Gasteiger partial charge in [0.25, 0.3) is 5.91 Å². The highest BCUT2D eigenvalue weighted by molar-refractivity contribution is 8.14. The maximum absolute atomic E-state index is 13.2. The number of anilines is 2. The van der Waals surface area contributed by atoms with Crippen LogP contribution in [0.25, 0.3) is 6.08 Å². The Morgan fingerprint density at radius 3 is 2.59 bits per heavy atom. The van der Waals surface area contributed by atoms with Crippen molar-refractivity contribution < 1.29 is 19.1 Å². The van der Waals surface area contributed by atoms with E-state index in [4.69, 9.17) is 9.47 Å². The lowest BCUT2D eigenvalue weighted by Gasteiger charge is -2.19. The standard InChI is InChI=1S/C25H20N4O4S/c30-23(27-18-6-7-21-22(15-18)33-13-12-32-21)16-34-25-28-20(14-17-8-10-26-11-9-17)24(31)29(25)19-4-2-1-3-5-19/h1-11,14-15H,12-13,16H2,(H,27,30)/b20-14+. The second-order valence-corrected chi connectivity index (χ2v) is 8.32. The zero-order valence-corrected chi connectivity index (χ0v) is 18.8. The molecule has 3 aromatic rings. The molecular formula is C25H20N4O4S. The number of pyridine rings is 1. The van der Waals surface area contributed by atoms with Gasteiger partial charge in [0.15, 0.2) is 16.7 Å². The molecule has 3 heterocycles. The van der Waals surface area contributed by atoms with Crippen molar-refractivity contribution in [2.75, 3.05) is 29.2 Å². The van der Waals surface area contributed by atoms with Gasteiger partial charge in [-0.3, -0.25) is 19.5 Å². The Kier molecular flexibility index (Phi) is 6.26. The molecule has 0 radical (unpaired) electrons. The fourth-order valence-electron chi connectivity index (χ4n) is 3.46. The average Bonchev–Trinajstić information content (AvgIpc) is 3.18. The number of nitrogens with one attached hydrogen (secondary N) is 1. The van der Waals surface area contributed by atoms with Gasteiger partial charge in [0.2, 0.25) is 5.91 Å². The topological polar surface area (TPSA) is 93.1 Å². The van der Waals surface area contributed by atoms with Crippen LogP contribution in [0.15, 0.2) is 83.7 Å². The van der Waals surface area contributed by atoms with Crippen molar-refractivity contribution in [1.29, 1.82) is 0 Å².